The number of aryl methyl sites for hydroxylation is 1. The van der Waals surface area contributed by atoms with Crippen LogP contribution >= 0.6 is 11.6 Å². The van der Waals surface area contributed by atoms with Gasteiger partial charge in [-0.25, -0.2) is 4.39 Å². The lowest BCUT2D eigenvalue weighted by Crippen LogP contribution is -2.30. The average Bonchev–Trinajstić information content (AvgIpc) is 3.67. The van der Waals surface area contributed by atoms with Gasteiger partial charge in [-0.1, -0.05) is 47.4 Å². The summed E-state index contributed by atoms with van der Waals surface area (Å²) in [4.78, 5) is 15.8. The van der Waals surface area contributed by atoms with Crippen molar-refractivity contribution in [2.45, 2.75) is 44.7 Å². The van der Waals surface area contributed by atoms with Gasteiger partial charge < -0.3 is 15.3 Å². The zero-order valence-corrected chi connectivity index (χ0v) is 21.7. The van der Waals surface area contributed by atoms with Crippen molar-refractivity contribution in [1.82, 2.24) is 20.0 Å². The molecule has 37 heavy (non-hydrogen) atoms. The summed E-state index contributed by atoms with van der Waals surface area (Å²) in [5.74, 6) is 5.73. The molecule has 0 spiro atoms. The largest absolute Gasteiger partial charge is 0.508 e. The van der Waals surface area contributed by atoms with Crippen molar-refractivity contribution >= 4 is 17.5 Å². The molecule has 2 aromatic carbocycles. The van der Waals surface area contributed by atoms with Crippen molar-refractivity contribution in [3.8, 4) is 17.6 Å². The highest BCUT2D eigenvalue weighted by Gasteiger charge is 2.32. The van der Waals surface area contributed by atoms with Gasteiger partial charge in [-0.05, 0) is 82.4 Å². The molecular formula is C29H30ClFN4O2. The number of hydrogen-bond acceptors (Lipinski definition) is 4. The highest BCUT2D eigenvalue weighted by atomic mass is 35.5. The van der Waals surface area contributed by atoms with Gasteiger partial charge in [0.15, 0.2) is 5.69 Å². The third-order valence-corrected chi connectivity index (χ3v) is 7.42. The minimum Gasteiger partial charge on any atom is -0.508 e. The summed E-state index contributed by atoms with van der Waals surface area (Å²) >= 11 is 6.73. The summed E-state index contributed by atoms with van der Waals surface area (Å²) in [6.07, 6.45) is 3.93. The smallest absolute Gasteiger partial charge is 0.274 e. The monoisotopic (exact) mass is 520 g/mol. The van der Waals surface area contributed by atoms with Crippen molar-refractivity contribution in [3.63, 3.8) is 0 Å². The summed E-state index contributed by atoms with van der Waals surface area (Å²) < 4.78 is 15.9. The molecule has 2 fully saturated rings. The lowest BCUT2D eigenvalue weighted by Gasteiger charge is -2.25. The van der Waals surface area contributed by atoms with E-state index >= 15 is 0 Å². The van der Waals surface area contributed by atoms with E-state index in [1.54, 1.807) is 4.68 Å². The lowest BCUT2D eigenvalue weighted by atomic mass is 9.96. The molecule has 0 radical (unpaired) electrons. The molecule has 2 heterocycles. The summed E-state index contributed by atoms with van der Waals surface area (Å²) in [7, 11) is 2.11. The van der Waals surface area contributed by atoms with E-state index in [4.69, 9.17) is 11.6 Å². The maximum Gasteiger partial charge on any atom is 0.274 e. The molecule has 1 atom stereocenters. The van der Waals surface area contributed by atoms with Crippen molar-refractivity contribution < 1.29 is 14.3 Å². The number of aromatic nitrogens is 2. The summed E-state index contributed by atoms with van der Waals surface area (Å²) in [5.41, 5.74) is 2.62. The van der Waals surface area contributed by atoms with Crippen LogP contribution < -0.4 is 5.32 Å². The summed E-state index contributed by atoms with van der Waals surface area (Å²) in [5, 5.41) is 18.2. The Bertz CT molecular complexity index is 1360. The number of halogens is 2. The van der Waals surface area contributed by atoms with Crippen LogP contribution in [0.5, 0.6) is 5.75 Å². The topological polar surface area (TPSA) is 70.4 Å². The summed E-state index contributed by atoms with van der Waals surface area (Å²) in [6, 6.07) is 10.5. The minimum atomic E-state index is -0.806. The van der Waals surface area contributed by atoms with Gasteiger partial charge >= 0.3 is 0 Å². The van der Waals surface area contributed by atoms with Crippen molar-refractivity contribution in [2.75, 3.05) is 20.1 Å². The quantitative estimate of drug-likeness (QED) is 0.451. The Kier molecular flexibility index (Phi) is 7.23. The third-order valence-electron chi connectivity index (χ3n) is 7.06. The standard InChI is InChI=1S/C29H30ClFN4O2/c1-18-3-6-20(7-4-18)27(23-17-21(31)8-12-25(23)36)32-29(37)28-26(30)24(35(33-28)22-9-10-22)11-5-19-13-15-34(2)16-14-19/h3-4,6-8,12,17,19,22,27,36H,9-10,13-16H2,1-2H3,(H,32,37). The van der Waals surface area contributed by atoms with Crippen LogP contribution in [0.1, 0.15) is 70.6 Å². The number of benzene rings is 2. The SMILES string of the molecule is Cc1ccc(C(NC(=O)c2nn(C3CC3)c(C#CC3CCN(C)CC3)c2Cl)c2cc(F)ccc2O)cc1. The Morgan fingerprint density at radius 2 is 1.86 bits per heavy atom. The fourth-order valence-corrected chi connectivity index (χ4v) is 4.89. The Balaban J connectivity index is 1.47. The molecule has 1 unspecified atom stereocenters. The van der Waals surface area contributed by atoms with E-state index in [2.05, 4.69) is 34.2 Å². The molecule has 1 amide bonds. The van der Waals surface area contributed by atoms with Gasteiger partial charge in [-0.3, -0.25) is 9.48 Å². The Labute approximate surface area is 221 Å². The highest BCUT2D eigenvalue weighted by molar-refractivity contribution is 6.34. The van der Waals surface area contributed by atoms with Gasteiger partial charge in [0.05, 0.1) is 12.1 Å². The van der Waals surface area contributed by atoms with Crippen molar-refractivity contribution in [2.24, 2.45) is 5.92 Å². The number of rotatable bonds is 5. The zero-order chi connectivity index (χ0) is 26.1. The molecule has 0 bridgehead atoms. The normalized spacial score (nSPS) is 17.2. The van der Waals surface area contributed by atoms with Gasteiger partial charge in [-0.15, -0.1) is 0 Å². The number of amides is 1. The van der Waals surface area contributed by atoms with Crippen LogP contribution in [0.2, 0.25) is 5.02 Å². The van der Waals surface area contributed by atoms with E-state index in [1.807, 2.05) is 31.2 Å². The molecule has 3 aromatic rings. The number of phenolic OH excluding ortho intramolecular Hbond substituents is 1. The maximum atomic E-state index is 14.1. The van der Waals surface area contributed by atoms with E-state index < -0.39 is 17.8 Å². The number of carbonyl (C=O) groups is 1. The minimum absolute atomic E-state index is 0.0780. The number of carbonyl (C=O) groups excluding carboxylic acids is 1. The summed E-state index contributed by atoms with van der Waals surface area (Å²) in [6.45, 7) is 3.97. The van der Waals surface area contributed by atoms with Crippen LogP contribution in [0.4, 0.5) is 4.39 Å². The maximum absolute atomic E-state index is 14.1. The van der Waals surface area contributed by atoms with Crippen LogP contribution in [0.15, 0.2) is 42.5 Å². The number of likely N-dealkylation sites (tertiary alicyclic amines) is 1. The zero-order valence-electron chi connectivity index (χ0n) is 21.0. The second-order valence-electron chi connectivity index (χ2n) is 10.1. The van der Waals surface area contributed by atoms with E-state index in [0.29, 0.717) is 11.3 Å². The molecule has 2 N–H and O–H groups in total. The van der Waals surface area contributed by atoms with Gasteiger partial charge in [0.25, 0.3) is 5.91 Å². The number of nitrogens with one attached hydrogen (secondary N) is 1. The second-order valence-corrected chi connectivity index (χ2v) is 10.4. The number of nitrogens with zero attached hydrogens (tertiary/aromatic N) is 3. The molecule has 8 heteroatoms. The number of piperidine rings is 1. The molecule has 1 aliphatic heterocycles. The molecule has 1 aromatic heterocycles. The first-order chi connectivity index (χ1) is 17.8. The van der Waals surface area contributed by atoms with Gasteiger partial charge in [0.1, 0.15) is 22.3 Å². The fourth-order valence-electron chi connectivity index (χ4n) is 4.63. The van der Waals surface area contributed by atoms with Crippen LogP contribution in [-0.2, 0) is 0 Å². The highest BCUT2D eigenvalue weighted by Crippen LogP contribution is 2.38. The first-order valence-electron chi connectivity index (χ1n) is 12.6. The Morgan fingerprint density at radius 1 is 1.16 bits per heavy atom. The Morgan fingerprint density at radius 3 is 2.54 bits per heavy atom. The second kappa shape index (κ2) is 10.6. The Hall–Kier alpha value is -3.34. The van der Waals surface area contributed by atoms with Crippen molar-refractivity contribution in [3.05, 3.63) is 81.4 Å². The molecule has 6 nitrogen and oxygen atoms in total. The third kappa shape index (κ3) is 5.66. The first kappa shape index (κ1) is 25.3. The van der Waals surface area contributed by atoms with E-state index in [-0.39, 0.29) is 34.0 Å². The van der Waals surface area contributed by atoms with Gasteiger partial charge in [-0.2, -0.15) is 5.10 Å². The van der Waals surface area contributed by atoms with Crippen molar-refractivity contribution in [1.29, 1.82) is 0 Å². The number of phenols is 1. The van der Waals surface area contributed by atoms with E-state index in [1.165, 1.54) is 18.2 Å². The first-order valence-corrected chi connectivity index (χ1v) is 13.0. The van der Waals surface area contributed by atoms with Crippen LogP contribution in [-0.4, -0.2) is 45.8 Å². The molecule has 1 saturated heterocycles. The molecule has 1 aliphatic carbocycles. The molecular weight excluding hydrogens is 491 g/mol. The number of hydrogen-bond donors (Lipinski definition) is 2. The number of aromatic hydroxyl groups is 1. The van der Waals surface area contributed by atoms with Crippen LogP contribution in [0.25, 0.3) is 0 Å². The lowest BCUT2D eigenvalue weighted by molar-refractivity contribution is 0.0937. The average molecular weight is 521 g/mol. The molecule has 2 aliphatic rings. The fraction of sp³-hybridized carbons (Fsp3) is 0.379. The predicted molar refractivity (Wildman–Crippen MR) is 141 cm³/mol. The molecule has 1 saturated carbocycles. The molecule has 5 rings (SSSR count). The van der Waals surface area contributed by atoms with Gasteiger partial charge in [0.2, 0.25) is 0 Å². The molecule has 192 valence electrons. The van der Waals surface area contributed by atoms with Crippen LogP contribution in [0.3, 0.4) is 0 Å². The van der Waals surface area contributed by atoms with Crippen LogP contribution in [0, 0.1) is 30.5 Å². The van der Waals surface area contributed by atoms with E-state index in [0.717, 1.165) is 44.3 Å². The van der Waals surface area contributed by atoms with E-state index in [9.17, 15) is 14.3 Å². The van der Waals surface area contributed by atoms with Gasteiger partial charge in [0, 0.05) is 11.5 Å². The predicted octanol–water partition coefficient (Wildman–Crippen LogP) is 5.24.